The number of sulfonamides is 1. The molecule has 0 atom stereocenters. The number of hydrogen-bond acceptors (Lipinski definition) is 4. The Kier molecular flexibility index (Phi) is 5.26. The second kappa shape index (κ2) is 6.78. The van der Waals surface area contributed by atoms with Crippen molar-refractivity contribution < 1.29 is 8.42 Å². The average molecular weight is 394 g/mol. The van der Waals surface area contributed by atoms with Gasteiger partial charge in [0.25, 0.3) is 10.0 Å². The summed E-state index contributed by atoms with van der Waals surface area (Å²) in [5.74, 6) is 0. The molecule has 0 unspecified atom stereocenters. The molecule has 1 aromatic heterocycles. The SMILES string of the molecule is CNCCn1cc(S(=O)(=O)Nc2ccc(Br)cc2Cl)cn1. The van der Waals surface area contributed by atoms with E-state index in [1.807, 2.05) is 7.05 Å². The molecule has 0 radical (unpaired) electrons. The van der Waals surface area contributed by atoms with Gasteiger partial charge in [0, 0.05) is 17.2 Å². The highest BCUT2D eigenvalue weighted by molar-refractivity contribution is 9.10. The molecule has 0 aliphatic carbocycles. The molecule has 9 heteroatoms. The second-order valence-electron chi connectivity index (χ2n) is 4.27. The summed E-state index contributed by atoms with van der Waals surface area (Å²) < 4.78 is 29.3. The Morgan fingerprint density at radius 2 is 2.19 bits per heavy atom. The van der Waals surface area contributed by atoms with E-state index in [0.29, 0.717) is 23.8 Å². The molecule has 0 spiro atoms. The van der Waals surface area contributed by atoms with Crippen LogP contribution in [0.1, 0.15) is 0 Å². The van der Waals surface area contributed by atoms with E-state index in [4.69, 9.17) is 11.6 Å². The molecule has 6 nitrogen and oxygen atoms in total. The van der Waals surface area contributed by atoms with Gasteiger partial charge >= 0.3 is 0 Å². The van der Waals surface area contributed by atoms with Crippen molar-refractivity contribution in [2.45, 2.75) is 11.4 Å². The third kappa shape index (κ3) is 4.19. The molecule has 2 N–H and O–H groups in total. The van der Waals surface area contributed by atoms with E-state index in [1.54, 1.807) is 22.9 Å². The first-order valence-electron chi connectivity index (χ1n) is 6.07. The Morgan fingerprint density at radius 3 is 2.86 bits per heavy atom. The molecule has 0 saturated heterocycles. The van der Waals surface area contributed by atoms with Gasteiger partial charge in [-0.1, -0.05) is 27.5 Å². The molecular formula is C12H14BrClN4O2S. The van der Waals surface area contributed by atoms with Crippen LogP contribution in [0.25, 0.3) is 0 Å². The summed E-state index contributed by atoms with van der Waals surface area (Å²) in [4.78, 5) is 0.0950. The smallest absolute Gasteiger partial charge is 0.265 e. The highest BCUT2D eigenvalue weighted by Crippen LogP contribution is 2.27. The predicted octanol–water partition coefficient (Wildman–Crippen LogP) is 2.32. The first-order chi connectivity index (χ1) is 9.92. The van der Waals surface area contributed by atoms with Crippen molar-refractivity contribution in [2.24, 2.45) is 0 Å². The maximum Gasteiger partial charge on any atom is 0.265 e. The van der Waals surface area contributed by atoms with Crippen LogP contribution < -0.4 is 10.0 Å². The largest absolute Gasteiger partial charge is 0.318 e. The minimum atomic E-state index is -3.71. The fourth-order valence-electron chi connectivity index (χ4n) is 1.61. The van der Waals surface area contributed by atoms with E-state index in [2.05, 4.69) is 31.1 Å². The number of likely N-dealkylation sites (N-methyl/N-ethyl adjacent to an activating group) is 1. The minimum Gasteiger partial charge on any atom is -0.318 e. The van der Waals surface area contributed by atoms with Gasteiger partial charge in [-0.05, 0) is 25.2 Å². The summed E-state index contributed by atoms with van der Waals surface area (Å²) in [5.41, 5.74) is 0.322. The fourth-order valence-corrected chi connectivity index (χ4v) is 3.42. The van der Waals surface area contributed by atoms with Crippen LogP contribution in [0, 0.1) is 0 Å². The molecule has 0 bridgehead atoms. The lowest BCUT2D eigenvalue weighted by molar-refractivity contribution is 0.582. The zero-order chi connectivity index (χ0) is 15.5. The van der Waals surface area contributed by atoms with E-state index in [0.717, 1.165) is 4.47 Å². The fraction of sp³-hybridized carbons (Fsp3) is 0.250. The van der Waals surface area contributed by atoms with Crippen LogP contribution in [0.15, 0.2) is 40.0 Å². The summed E-state index contributed by atoms with van der Waals surface area (Å²) in [7, 11) is -1.89. The number of aromatic nitrogens is 2. The van der Waals surface area contributed by atoms with Gasteiger partial charge in [-0.25, -0.2) is 8.42 Å². The van der Waals surface area contributed by atoms with Gasteiger partial charge in [-0.3, -0.25) is 9.40 Å². The Morgan fingerprint density at radius 1 is 1.43 bits per heavy atom. The molecule has 2 aromatic rings. The summed E-state index contributed by atoms with van der Waals surface area (Å²) in [6.45, 7) is 1.29. The number of rotatable bonds is 6. The minimum absolute atomic E-state index is 0.0950. The van der Waals surface area contributed by atoms with E-state index in [1.165, 1.54) is 12.4 Å². The molecule has 0 saturated carbocycles. The average Bonchev–Trinajstić information content (AvgIpc) is 2.89. The molecule has 21 heavy (non-hydrogen) atoms. The lowest BCUT2D eigenvalue weighted by atomic mass is 10.3. The van der Waals surface area contributed by atoms with E-state index >= 15 is 0 Å². The van der Waals surface area contributed by atoms with Crippen molar-refractivity contribution in [1.82, 2.24) is 15.1 Å². The molecule has 0 amide bonds. The summed E-state index contributed by atoms with van der Waals surface area (Å²) in [5, 5.41) is 7.30. The maximum atomic E-state index is 12.3. The van der Waals surface area contributed by atoms with Crippen molar-refractivity contribution >= 4 is 43.2 Å². The Hall–Kier alpha value is -1.09. The van der Waals surface area contributed by atoms with Gasteiger partial charge in [0.1, 0.15) is 4.90 Å². The molecule has 114 valence electrons. The number of halogens is 2. The van der Waals surface area contributed by atoms with Gasteiger partial charge in [-0.15, -0.1) is 0 Å². The van der Waals surface area contributed by atoms with Gasteiger partial charge in [0.2, 0.25) is 0 Å². The van der Waals surface area contributed by atoms with Crippen LogP contribution in [-0.4, -0.2) is 31.8 Å². The highest BCUT2D eigenvalue weighted by atomic mass is 79.9. The van der Waals surface area contributed by atoms with Crippen LogP contribution in [0.3, 0.4) is 0 Å². The lowest BCUT2D eigenvalue weighted by Crippen LogP contribution is -2.15. The lowest BCUT2D eigenvalue weighted by Gasteiger charge is -2.08. The molecule has 1 aromatic carbocycles. The van der Waals surface area contributed by atoms with Gasteiger partial charge < -0.3 is 5.32 Å². The van der Waals surface area contributed by atoms with Crippen LogP contribution >= 0.6 is 27.5 Å². The van der Waals surface area contributed by atoms with Crippen molar-refractivity contribution in [3.63, 3.8) is 0 Å². The quantitative estimate of drug-likeness (QED) is 0.790. The highest BCUT2D eigenvalue weighted by Gasteiger charge is 2.18. The van der Waals surface area contributed by atoms with Crippen molar-refractivity contribution in [2.75, 3.05) is 18.3 Å². The van der Waals surface area contributed by atoms with E-state index in [9.17, 15) is 8.42 Å². The van der Waals surface area contributed by atoms with Gasteiger partial charge in [-0.2, -0.15) is 5.10 Å². The van der Waals surface area contributed by atoms with Crippen LogP contribution in [0.2, 0.25) is 5.02 Å². The molecule has 0 fully saturated rings. The van der Waals surface area contributed by atoms with Crippen molar-refractivity contribution in [3.05, 3.63) is 40.1 Å². The zero-order valence-electron chi connectivity index (χ0n) is 11.2. The summed E-state index contributed by atoms with van der Waals surface area (Å²) in [6, 6.07) is 4.92. The number of nitrogens with zero attached hydrogens (tertiary/aromatic N) is 2. The van der Waals surface area contributed by atoms with Crippen LogP contribution in [-0.2, 0) is 16.6 Å². The Labute approximate surface area is 136 Å². The molecule has 2 rings (SSSR count). The summed E-state index contributed by atoms with van der Waals surface area (Å²) in [6.07, 6.45) is 2.79. The monoisotopic (exact) mass is 392 g/mol. The number of hydrogen-bond donors (Lipinski definition) is 2. The molecule has 0 aliphatic rings. The second-order valence-corrected chi connectivity index (χ2v) is 7.28. The predicted molar refractivity (Wildman–Crippen MR) is 86.1 cm³/mol. The third-order valence-corrected chi connectivity index (χ3v) is 4.81. The van der Waals surface area contributed by atoms with Crippen molar-refractivity contribution in [1.29, 1.82) is 0 Å². The standard InChI is InChI=1S/C12H14BrClN4O2S/c1-15-4-5-18-8-10(7-16-18)21(19,20)17-12-3-2-9(13)6-11(12)14/h2-3,6-8,15,17H,4-5H2,1H3. The molecule has 1 heterocycles. The summed E-state index contributed by atoms with van der Waals surface area (Å²) >= 11 is 9.28. The van der Waals surface area contributed by atoms with Crippen LogP contribution in [0.4, 0.5) is 5.69 Å². The Bertz CT molecular complexity index is 733. The van der Waals surface area contributed by atoms with E-state index < -0.39 is 10.0 Å². The maximum absolute atomic E-state index is 12.3. The van der Waals surface area contributed by atoms with E-state index in [-0.39, 0.29) is 4.90 Å². The molecular weight excluding hydrogens is 380 g/mol. The third-order valence-electron chi connectivity index (χ3n) is 2.69. The van der Waals surface area contributed by atoms with Gasteiger partial charge in [0.15, 0.2) is 0 Å². The number of benzene rings is 1. The van der Waals surface area contributed by atoms with Crippen molar-refractivity contribution in [3.8, 4) is 0 Å². The molecule has 0 aliphatic heterocycles. The Balaban J connectivity index is 2.19. The number of anilines is 1. The number of nitrogens with one attached hydrogen (secondary N) is 2. The zero-order valence-corrected chi connectivity index (χ0v) is 14.3. The van der Waals surface area contributed by atoms with Gasteiger partial charge in [0.05, 0.1) is 23.5 Å². The first-order valence-corrected chi connectivity index (χ1v) is 8.73. The topological polar surface area (TPSA) is 76.0 Å². The first kappa shape index (κ1) is 16.3. The van der Waals surface area contributed by atoms with Crippen LogP contribution in [0.5, 0.6) is 0 Å². The normalized spacial score (nSPS) is 11.6.